The van der Waals surface area contributed by atoms with Gasteiger partial charge in [0.05, 0.1) is 12.7 Å². The number of rotatable bonds is 5. The molecule has 0 saturated carbocycles. The first-order valence-electron chi connectivity index (χ1n) is 5.85. The van der Waals surface area contributed by atoms with Crippen molar-refractivity contribution in [2.75, 3.05) is 0 Å². The van der Waals surface area contributed by atoms with Crippen molar-refractivity contribution in [2.45, 2.75) is 33.4 Å². The molecular formula is C13H18N2OS. The van der Waals surface area contributed by atoms with Crippen molar-refractivity contribution < 1.29 is 4.42 Å². The van der Waals surface area contributed by atoms with Crippen molar-refractivity contribution in [3.63, 3.8) is 0 Å². The summed E-state index contributed by atoms with van der Waals surface area (Å²) in [5.74, 6) is 2.16. The van der Waals surface area contributed by atoms with E-state index in [-0.39, 0.29) is 0 Å². The molecule has 0 aliphatic carbocycles. The number of oxazole rings is 1. The second-order valence-electron chi connectivity index (χ2n) is 4.48. The van der Waals surface area contributed by atoms with Gasteiger partial charge in [-0.1, -0.05) is 19.9 Å². The molecule has 0 fully saturated rings. The van der Waals surface area contributed by atoms with Crippen LogP contribution in [0.5, 0.6) is 0 Å². The van der Waals surface area contributed by atoms with E-state index in [9.17, 15) is 0 Å². The summed E-state index contributed by atoms with van der Waals surface area (Å²) in [5, 5.41) is 5.62. The van der Waals surface area contributed by atoms with Gasteiger partial charge in [0.25, 0.3) is 0 Å². The lowest BCUT2D eigenvalue weighted by Crippen LogP contribution is -2.24. The van der Waals surface area contributed by atoms with Crippen LogP contribution < -0.4 is 5.32 Å². The van der Waals surface area contributed by atoms with E-state index < -0.39 is 0 Å². The Labute approximate surface area is 106 Å². The Morgan fingerprint density at radius 2 is 2.29 bits per heavy atom. The van der Waals surface area contributed by atoms with Crippen LogP contribution in [0, 0.1) is 12.8 Å². The first kappa shape index (κ1) is 12.3. The Hall–Kier alpha value is -1.13. The zero-order valence-corrected chi connectivity index (χ0v) is 11.3. The predicted octanol–water partition coefficient (Wildman–Crippen LogP) is 3.53. The molecule has 0 spiro atoms. The lowest BCUT2D eigenvalue weighted by Gasteiger charge is -2.20. The Bertz CT molecular complexity index is 448. The van der Waals surface area contributed by atoms with Crippen molar-refractivity contribution >= 4 is 11.3 Å². The third-order valence-electron chi connectivity index (χ3n) is 2.66. The van der Waals surface area contributed by atoms with Crippen LogP contribution in [0.2, 0.25) is 0 Å². The molecule has 0 aromatic carbocycles. The Balaban J connectivity index is 1.99. The number of hydrogen-bond donors (Lipinski definition) is 1. The zero-order valence-electron chi connectivity index (χ0n) is 10.4. The van der Waals surface area contributed by atoms with Crippen molar-refractivity contribution in [3.8, 4) is 0 Å². The zero-order chi connectivity index (χ0) is 12.3. The Morgan fingerprint density at radius 3 is 2.82 bits per heavy atom. The summed E-state index contributed by atoms with van der Waals surface area (Å²) in [6, 6.07) is 4.62. The minimum absolute atomic E-state index is 0.363. The van der Waals surface area contributed by atoms with Gasteiger partial charge in [-0.2, -0.15) is 0 Å². The second-order valence-corrected chi connectivity index (χ2v) is 5.46. The van der Waals surface area contributed by atoms with E-state index >= 15 is 0 Å². The van der Waals surface area contributed by atoms with Gasteiger partial charge in [-0.05, 0) is 24.3 Å². The third kappa shape index (κ3) is 3.17. The number of hydrogen-bond acceptors (Lipinski definition) is 4. The molecule has 4 heteroatoms. The topological polar surface area (TPSA) is 38.1 Å². The summed E-state index contributed by atoms with van der Waals surface area (Å²) in [5.41, 5.74) is 0. The molecule has 1 atom stereocenters. The molecule has 1 unspecified atom stereocenters. The molecule has 0 radical (unpaired) electrons. The molecule has 2 aromatic rings. The van der Waals surface area contributed by atoms with Crippen LogP contribution in [0.25, 0.3) is 0 Å². The molecule has 17 heavy (non-hydrogen) atoms. The number of aromatic nitrogens is 1. The van der Waals surface area contributed by atoms with Gasteiger partial charge in [0.1, 0.15) is 5.76 Å². The minimum Gasteiger partial charge on any atom is -0.445 e. The maximum atomic E-state index is 5.46. The molecule has 0 amide bonds. The van der Waals surface area contributed by atoms with Crippen molar-refractivity contribution in [1.29, 1.82) is 0 Å². The largest absolute Gasteiger partial charge is 0.445 e. The summed E-state index contributed by atoms with van der Waals surface area (Å²) in [7, 11) is 0. The lowest BCUT2D eigenvalue weighted by molar-refractivity contribution is 0.377. The molecule has 0 bridgehead atoms. The van der Waals surface area contributed by atoms with Gasteiger partial charge in [-0.3, -0.25) is 0 Å². The van der Waals surface area contributed by atoms with E-state index in [1.165, 1.54) is 4.88 Å². The van der Waals surface area contributed by atoms with Gasteiger partial charge in [0.15, 0.2) is 0 Å². The summed E-state index contributed by atoms with van der Waals surface area (Å²) in [6.45, 7) is 7.03. The fraction of sp³-hybridized carbons (Fsp3) is 0.462. The average Bonchev–Trinajstić information content (AvgIpc) is 2.90. The number of aryl methyl sites for hydroxylation is 1. The second kappa shape index (κ2) is 5.47. The monoisotopic (exact) mass is 250 g/mol. The first-order chi connectivity index (χ1) is 8.16. The average molecular weight is 250 g/mol. The van der Waals surface area contributed by atoms with Gasteiger partial charge < -0.3 is 9.73 Å². The maximum absolute atomic E-state index is 5.46. The standard InChI is InChI=1S/C13H18N2OS/c1-9(2)13(11-5-4-6-17-11)15-8-12-14-7-10(3)16-12/h4-7,9,13,15H,8H2,1-3H3. The third-order valence-corrected chi connectivity index (χ3v) is 3.61. The fourth-order valence-electron chi connectivity index (χ4n) is 1.81. The summed E-state index contributed by atoms with van der Waals surface area (Å²) in [4.78, 5) is 5.57. The van der Waals surface area contributed by atoms with E-state index in [2.05, 4.69) is 41.7 Å². The van der Waals surface area contributed by atoms with E-state index in [1.54, 1.807) is 17.5 Å². The van der Waals surface area contributed by atoms with Gasteiger partial charge in [-0.15, -0.1) is 11.3 Å². The molecule has 0 aliphatic rings. The van der Waals surface area contributed by atoms with Gasteiger partial charge >= 0.3 is 0 Å². The quantitative estimate of drug-likeness (QED) is 0.882. The molecule has 92 valence electrons. The molecular weight excluding hydrogens is 232 g/mol. The molecule has 0 saturated heterocycles. The minimum atomic E-state index is 0.363. The normalized spacial score (nSPS) is 13.2. The molecule has 2 rings (SSSR count). The van der Waals surface area contributed by atoms with Crippen molar-refractivity contribution in [3.05, 3.63) is 40.2 Å². The van der Waals surface area contributed by atoms with Gasteiger partial charge in [0.2, 0.25) is 5.89 Å². The van der Waals surface area contributed by atoms with Crippen molar-refractivity contribution in [2.24, 2.45) is 5.92 Å². The van der Waals surface area contributed by atoms with Crippen LogP contribution in [0.1, 0.15) is 36.4 Å². The molecule has 2 aromatic heterocycles. The molecule has 3 nitrogen and oxygen atoms in total. The number of nitrogens with one attached hydrogen (secondary N) is 1. The summed E-state index contributed by atoms with van der Waals surface area (Å²) < 4.78 is 5.46. The highest BCUT2D eigenvalue weighted by atomic mass is 32.1. The SMILES string of the molecule is Cc1cnc(CNC(c2cccs2)C(C)C)o1. The van der Waals surface area contributed by atoms with Crippen LogP contribution in [0.4, 0.5) is 0 Å². The van der Waals surface area contributed by atoms with Crippen LogP contribution in [-0.4, -0.2) is 4.98 Å². The van der Waals surface area contributed by atoms with Crippen LogP contribution in [-0.2, 0) is 6.54 Å². The highest BCUT2D eigenvalue weighted by molar-refractivity contribution is 7.10. The predicted molar refractivity (Wildman–Crippen MR) is 70.0 cm³/mol. The number of thiophene rings is 1. The van der Waals surface area contributed by atoms with Crippen LogP contribution in [0.15, 0.2) is 28.1 Å². The maximum Gasteiger partial charge on any atom is 0.208 e. The molecule has 2 heterocycles. The number of nitrogens with zero attached hydrogens (tertiary/aromatic N) is 1. The highest BCUT2D eigenvalue weighted by Crippen LogP contribution is 2.26. The molecule has 1 N–H and O–H groups in total. The van der Waals surface area contributed by atoms with Gasteiger partial charge in [0, 0.05) is 10.9 Å². The van der Waals surface area contributed by atoms with E-state index in [1.807, 2.05) is 6.92 Å². The molecule has 0 aliphatic heterocycles. The first-order valence-corrected chi connectivity index (χ1v) is 6.73. The van der Waals surface area contributed by atoms with E-state index in [0.29, 0.717) is 18.5 Å². The summed E-state index contributed by atoms with van der Waals surface area (Å²) >= 11 is 1.79. The smallest absolute Gasteiger partial charge is 0.208 e. The highest BCUT2D eigenvalue weighted by Gasteiger charge is 2.16. The Kier molecular flexibility index (Phi) is 3.97. The fourth-order valence-corrected chi connectivity index (χ4v) is 2.79. The van der Waals surface area contributed by atoms with Crippen LogP contribution >= 0.6 is 11.3 Å². The Morgan fingerprint density at radius 1 is 1.47 bits per heavy atom. The van der Waals surface area contributed by atoms with Crippen molar-refractivity contribution in [1.82, 2.24) is 10.3 Å². The summed E-state index contributed by atoms with van der Waals surface area (Å²) in [6.07, 6.45) is 1.76. The van der Waals surface area contributed by atoms with E-state index in [0.717, 1.165) is 11.7 Å². The lowest BCUT2D eigenvalue weighted by atomic mass is 10.0. The van der Waals surface area contributed by atoms with E-state index in [4.69, 9.17) is 4.42 Å². The van der Waals surface area contributed by atoms with Gasteiger partial charge in [-0.25, -0.2) is 4.98 Å². The van der Waals surface area contributed by atoms with Crippen LogP contribution in [0.3, 0.4) is 0 Å².